The standard InChI is InChI=1S/C19H23FN4O/c1-22-14-16(13-21-22)7-8-19(25)24-10-4-9-23(11-12-24)15-17-5-2-3-6-18(17)20/h2-3,5-8,13-14H,4,9-12,15H2,1H3/b8-7+. The first-order valence-corrected chi connectivity index (χ1v) is 8.53. The minimum Gasteiger partial charge on any atom is -0.338 e. The summed E-state index contributed by atoms with van der Waals surface area (Å²) in [5, 5.41) is 4.08. The average molecular weight is 342 g/mol. The van der Waals surface area contributed by atoms with Gasteiger partial charge in [-0.15, -0.1) is 0 Å². The Hall–Kier alpha value is -2.47. The Morgan fingerprint density at radius 2 is 2.08 bits per heavy atom. The first kappa shape index (κ1) is 17.4. The molecule has 0 saturated carbocycles. The molecule has 0 bridgehead atoms. The Kier molecular flexibility index (Phi) is 5.60. The molecule has 5 nitrogen and oxygen atoms in total. The largest absolute Gasteiger partial charge is 0.338 e. The van der Waals surface area contributed by atoms with Crippen LogP contribution in [-0.4, -0.2) is 51.7 Å². The van der Waals surface area contributed by atoms with Gasteiger partial charge in [-0.1, -0.05) is 18.2 Å². The summed E-state index contributed by atoms with van der Waals surface area (Å²) in [7, 11) is 1.85. The van der Waals surface area contributed by atoms with Gasteiger partial charge in [0.25, 0.3) is 0 Å². The maximum Gasteiger partial charge on any atom is 0.246 e. The zero-order valence-electron chi connectivity index (χ0n) is 14.4. The van der Waals surface area contributed by atoms with Crippen LogP contribution >= 0.6 is 0 Å². The van der Waals surface area contributed by atoms with E-state index in [0.717, 1.165) is 31.6 Å². The zero-order chi connectivity index (χ0) is 17.6. The van der Waals surface area contributed by atoms with Crippen molar-refractivity contribution in [3.8, 4) is 0 Å². The molecule has 1 aromatic carbocycles. The predicted octanol–water partition coefficient (Wildman–Crippen LogP) is 2.31. The van der Waals surface area contributed by atoms with Crippen LogP contribution < -0.4 is 0 Å². The van der Waals surface area contributed by atoms with E-state index < -0.39 is 0 Å². The van der Waals surface area contributed by atoms with Gasteiger partial charge in [0, 0.05) is 63.2 Å². The number of rotatable bonds is 4. The van der Waals surface area contributed by atoms with E-state index in [2.05, 4.69) is 10.00 Å². The van der Waals surface area contributed by atoms with Crippen LogP contribution in [0.5, 0.6) is 0 Å². The molecule has 0 unspecified atom stereocenters. The maximum atomic E-state index is 13.8. The summed E-state index contributed by atoms with van der Waals surface area (Å²) in [5.41, 5.74) is 1.62. The van der Waals surface area contributed by atoms with Gasteiger partial charge >= 0.3 is 0 Å². The van der Waals surface area contributed by atoms with Crippen LogP contribution in [0.1, 0.15) is 17.5 Å². The summed E-state index contributed by atoms with van der Waals surface area (Å²) >= 11 is 0. The molecular weight excluding hydrogens is 319 g/mol. The molecule has 2 heterocycles. The molecule has 0 aliphatic carbocycles. The normalized spacial score (nSPS) is 16.3. The molecule has 0 spiro atoms. The van der Waals surface area contributed by atoms with E-state index in [1.807, 2.05) is 30.3 Å². The zero-order valence-corrected chi connectivity index (χ0v) is 14.4. The second-order valence-electron chi connectivity index (χ2n) is 6.33. The van der Waals surface area contributed by atoms with Crippen LogP contribution in [0.15, 0.2) is 42.7 Å². The number of aromatic nitrogens is 2. The predicted molar refractivity (Wildman–Crippen MR) is 95.1 cm³/mol. The van der Waals surface area contributed by atoms with Gasteiger partial charge in [0.1, 0.15) is 5.82 Å². The van der Waals surface area contributed by atoms with Crippen molar-refractivity contribution in [2.24, 2.45) is 7.05 Å². The monoisotopic (exact) mass is 342 g/mol. The van der Waals surface area contributed by atoms with E-state index in [4.69, 9.17) is 0 Å². The molecule has 3 rings (SSSR count). The average Bonchev–Trinajstić information content (AvgIpc) is 2.88. The molecule has 1 aliphatic rings. The molecule has 1 amide bonds. The van der Waals surface area contributed by atoms with Crippen molar-refractivity contribution in [1.82, 2.24) is 19.6 Å². The van der Waals surface area contributed by atoms with Gasteiger partial charge in [0.05, 0.1) is 6.20 Å². The van der Waals surface area contributed by atoms with E-state index >= 15 is 0 Å². The third-order valence-corrected chi connectivity index (χ3v) is 4.40. The molecule has 0 N–H and O–H groups in total. The first-order chi connectivity index (χ1) is 12.1. The minimum absolute atomic E-state index is 0.0107. The molecule has 132 valence electrons. The molecule has 6 heteroatoms. The van der Waals surface area contributed by atoms with E-state index in [-0.39, 0.29) is 11.7 Å². The van der Waals surface area contributed by atoms with Crippen molar-refractivity contribution in [3.05, 3.63) is 59.7 Å². The fraction of sp³-hybridized carbons (Fsp3) is 0.368. The Morgan fingerprint density at radius 3 is 2.84 bits per heavy atom. The highest BCUT2D eigenvalue weighted by atomic mass is 19.1. The molecule has 1 saturated heterocycles. The lowest BCUT2D eigenvalue weighted by Crippen LogP contribution is -2.34. The Labute approximate surface area is 147 Å². The van der Waals surface area contributed by atoms with E-state index in [1.54, 1.807) is 29.1 Å². The van der Waals surface area contributed by atoms with Crippen LogP contribution in [0, 0.1) is 5.82 Å². The summed E-state index contributed by atoms with van der Waals surface area (Å²) in [6.07, 6.45) is 7.87. The van der Waals surface area contributed by atoms with Crippen LogP contribution in [0.3, 0.4) is 0 Å². The van der Waals surface area contributed by atoms with Crippen molar-refractivity contribution < 1.29 is 9.18 Å². The number of benzene rings is 1. The fourth-order valence-electron chi connectivity index (χ4n) is 3.02. The molecule has 0 atom stereocenters. The van der Waals surface area contributed by atoms with Crippen LogP contribution in [0.25, 0.3) is 6.08 Å². The van der Waals surface area contributed by atoms with Gasteiger partial charge in [-0.05, 0) is 18.6 Å². The maximum absolute atomic E-state index is 13.8. The number of aryl methyl sites for hydroxylation is 1. The summed E-state index contributed by atoms with van der Waals surface area (Å²) in [6, 6.07) is 6.87. The molecule has 1 aliphatic heterocycles. The van der Waals surface area contributed by atoms with E-state index in [0.29, 0.717) is 18.7 Å². The highest BCUT2D eigenvalue weighted by Gasteiger charge is 2.18. The van der Waals surface area contributed by atoms with Crippen LogP contribution in [-0.2, 0) is 18.4 Å². The van der Waals surface area contributed by atoms with E-state index in [9.17, 15) is 9.18 Å². The number of hydrogen-bond donors (Lipinski definition) is 0. The molecule has 1 fully saturated rings. The molecule has 25 heavy (non-hydrogen) atoms. The first-order valence-electron chi connectivity index (χ1n) is 8.53. The van der Waals surface area contributed by atoms with Crippen LogP contribution in [0.2, 0.25) is 0 Å². The van der Waals surface area contributed by atoms with Gasteiger partial charge in [-0.25, -0.2) is 4.39 Å². The lowest BCUT2D eigenvalue weighted by Gasteiger charge is -2.21. The van der Waals surface area contributed by atoms with Gasteiger partial charge in [0.2, 0.25) is 5.91 Å². The SMILES string of the molecule is Cn1cc(/C=C/C(=O)N2CCCN(Cc3ccccc3F)CC2)cn1. The lowest BCUT2D eigenvalue weighted by molar-refractivity contribution is -0.125. The van der Waals surface area contributed by atoms with Crippen molar-refractivity contribution in [1.29, 1.82) is 0 Å². The Morgan fingerprint density at radius 1 is 1.24 bits per heavy atom. The highest BCUT2D eigenvalue weighted by molar-refractivity contribution is 5.91. The molecule has 0 radical (unpaired) electrons. The number of nitrogens with zero attached hydrogens (tertiary/aromatic N) is 4. The topological polar surface area (TPSA) is 41.4 Å². The molecule has 1 aromatic heterocycles. The quantitative estimate of drug-likeness (QED) is 0.801. The number of carbonyl (C=O) groups excluding carboxylic acids is 1. The summed E-state index contributed by atoms with van der Waals surface area (Å²) in [4.78, 5) is 16.4. The second kappa shape index (κ2) is 8.07. The van der Waals surface area contributed by atoms with Crippen molar-refractivity contribution >= 4 is 12.0 Å². The Balaban J connectivity index is 1.55. The van der Waals surface area contributed by atoms with Crippen molar-refractivity contribution in [2.75, 3.05) is 26.2 Å². The third-order valence-electron chi connectivity index (χ3n) is 4.40. The molecular formula is C19H23FN4O. The van der Waals surface area contributed by atoms with E-state index in [1.165, 1.54) is 6.07 Å². The summed E-state index contributed by atoms with van der Waals surface area (Å²) in [6.45, 7) is 3.58. The summed E-state index contributed by atoms with van der Waals surface area (Å²) in [5.74, 6) is -0.157. The number of halogens is 1. The number of amides is 1. The second-order valence-corrected chi connectivity index (χ2v) is 6.33. The lowest BCUT2D eigenvalue weighted by atomic mass is 10.2. The smallest absolute Gasteiger partial charge is 0.246 e. The minimum atomic E-state index is -0.168. The van der Waals surface area contributed by atoms with Gasteiger partial charge in [-0.2, -0.15) is 5.10 Å². The van der Waals surface area contributed by atoms with Crippen molar-refractivity contribution in [2.45, 2.75) is 13.0 Å². The van der Waals surface area contributed by atoms with Crippen molar-refractivity contribution in [3.63, 3.8) is 0 Å². The Bertz CT molecular complexity index is 755. The van der Waals surface area contributed by atoms with Gasteiger partial charge < -0.3 is 4.90 Å². The van der Waals surface area contributed by atoms with Crippen LogP contribution in [0.4, 0.5) is 4.39 Å². The highest BCUT2D eigenvalue weighted by Crippen LogP contribution is 2.12. The fourth-order valence-corrected chi connectivity index (χ4v) is 3.02. The molecule has 2 aromatic rings. The number of hydrogen-bond acceptors (Lipinski definition) is 3. The third kappa shape index (κ3) is 4.76. The van der Waals surface area contributed by atoms with Gasteiger partial charge in [0.15, 0.2) is 0 Å². The summed E-state index contributed by atoms with van der Waals surface area (Å²) < 4.78 is 15.5. The van der Waals surface area contributed by atoms with Gasteiger partial charge in [-0.3, -0.25) is 14.4 Å². The number of carbonyl (C=O) groups is 1.